The van der Waals surface area contributed by atoms with Crippen LogP contribution in [0.4, 0.5) is 11.4 Å². The molecule has 0 aromatic heterocycles. The Morgan fingerprint density at radius 1 is 0.968 bits per heavy atom. The van der Waals surface area contributed by atoms with E-state index < -0.39 is 27.2 Å². The number of nitro benzene ring substituents is 2. The molecule has 2 aromatic rings. The summed E-state index contributed by atoms with van der Waals surface area (Å²) in [5.41, 5.74) is 0.836. The van der Waals surface area contributed by atoms with Crippen molar-refractivity contribution < 1.29 is 24.1 Å². The van der Waals surface area contributed by atoms with Gasteiger partial charge in [-0.15, -0.1) is 0 Å². The Bertz CT molecular complexity index is 965. The molecule has 2 rings (SSSR count). The Hall–Kier alpha value is -4.01. The van der Waals surface area contributed by atoms with E-state index in [0.29, 0.717) is 19.4 Å². The highest BCUT2D eigenvalue weighted by molar-refractivity contribution is 5.91. The fourth-order valence-electron chi connectivity index (χ4n) is 2.65. The Balaban J connectivity index is 1.78. The number of unbranched alkanes of at least 4 members (excludes halogenated alkanes) is 1. The standard InChI is InChI=1S/C22H22N2O7/c1-3-6-16(2)17-7-9-21(10-8-17)30-11-4-5-12-31-22(25)18-13-19(23(26)27)15-20(14-18)24(28)29/h3,6-10,13-15H,1,4-5,11-12H2,2H3/b16-6+. The third-order valence-corrected chi connectivity index (χ3v) is 4.28. The van der Waals surface area contributed by atoms with Crippen molar-refractivity contribution in [2.45, 2.75) is 19.8 Å². The average Bonchev–Trinajstić information content (AvgIpc) is 2.76. The first-order chi connectivity index (χ1) is 14.8. The van der Waals surface area contributed by atoms with E-state index in [1.54, 1.807) is 6.08 Å². The molecule has 0 aliphatic heterocycles. The largest absolute Gasteiger partial charge is 0.494 e. The SMILES string of the molecule is C=C/C=C(\C)c1ccc(OCCCCOC(=O)c2cc([N+](=O)[O-])cc([N+](=O)[O-])c2)cc1. The van der Waals surface area contributed by atoms with Gasteiger partial charge in [-0.3, -0.25) is 20.2 Å². The van der Waals surface area contributed by atoms with Gasteiger partial charge in [0.2, 0.25) is 0 Å². The van der Waals surface area contributed by atoms with Crippen LogP contribution in [0.5, 0.6) is 5.75 Å². The van der Waals surface area contributed by atoms with E-state index >= 15 is 0 Å². The van der Waals surface area contributed by atoms with Gasteiger partial charge in [-0.2, -0.15) is 0 Å². The molecule has 0 aliphatic carbocycles. The minimum Gasteiger partial charge on any atom is -0.494 e. The zero-order valence-electron chi connectivity index (χ0n) is 17.0. The minimum absolute atomic E-state index is 0.0587. The third-order valence-electron chi connectivity index (χ3n) is 4.28. The van der Waals surface area contributed by atoms with E-state index in [2.05, 4.69) is 6.58 Å². The maximum absolute atomic E-state index is 12.1. The van der Waals surface area contributed by atoms with Crippen molar-refractivity contribution in [1.29, 1.82) is 0 Å². The van der Waals surface area contributed by atoms with Crippen LogP contribution in [0.3, 0.4) is 0 Å². The maximum atomic E-state index is 12.1. The first-order valence-electron chi connectivity index (χ1n) is 9.45. The van der Waals surface area contributed by atoms with Crippen molar-refractivity contribution in [2.75, 3.05) is 13.2 Å². The first kappa shape index (κ1) is 23.3. The van der Waals surface area contributed by atoms with Crippen molar-refractivity contribution in [3.63, 3.8) is 0 Å². The van der Waals surface area contributed by atoms with Gasteiger partial charge in [-0.05, 0) is 43.0 Å². The second-order valence-corrected chi connectivity index (χ2v) is 6.55. The number of rotatable bonds is 11. The van der Waals surface area contributed by atoms with E-state index in [9.17, 15) is 25.0 Å². The Kier molecular flexibility index (Phi) is 8.44. The molecule has 9 nitrogen and oxygen atoms in total. The summed E-state index contributed by atoms with van der Waals surface area (Å²) < 4.78 is 10.7. The molecule has 0 atom stereocenters. The van der Waals surface area contributed by atoms with E-state index in [1.807, 2.05) is 37.3 Å². The number of carbonyl (C=O) groups excluding carboxylic acids is 1. The highest BCUT2D eigenvalue weighted by Gasteiger charge is 2.20. The molecule has 2 aromatic carbocycles. The van der Waals surface area contributed by atoms with Gasteiger partial charge < -0.3 is 9.47 Å². The number of nitrogens with zero attached hydrogens (tertiary/aromatic N) is 2. The molecular formula is C22H22N2O7. The number of carbonyl (C=O) groups is 1. The summed E-state index contributed by atoms with van der Waals surface area (Å²) in [6.07, 6.45) is 4.76. The van der Waals surface area contributed by atoms with Crippen molar-refractivity contribution in [3.8, 4) is 5.75 Å². The number of allylic oxidation sites excluding steroid dienone is 3. The van der Waals surface area contributed by atoms with Crippen LogP contribution < -0.4 is 4.74 Å². The van der Waals surface area contributed by atoms with Gasteiger partial charge in [-0.25, -0.2) is 4.79 Å². The fourth-order valence-corrected chi connectivity index (χ4v) is 2.65. The quantitative estimate of drug-likeness (QED) is 0.161. The van der Waals surface area contributed by atoms with E-state index in [-0.39, 0.29) is 12.2 Å². The maximum Gasteiger partial charge on any atom is 0.338 e. The van der Waals surface area contributed by atoms with Crippen LogP contribution in [-0.4, -0.2) is 29.0 Å². The van der Waals surface area contributed by atoms with Crippen LogP contribution in [0.1, 0.15) is 35.7 Å². The normalized spacial score (nSPS) is 10.9. The van der Waals surface area contributed by atoms with E-state index in [4.69, 9.17) is 9.47 Å². The zero-order valence-corrected chi connectivity index (χ0v) is 17.0. The van der Waals surface area contributed by atoms with Gasteiger partial charge >= 0.3 is 5.97 Å². The number of non-ortho nitro benzene ring substituents is 2. The summed E-state index contributed by atoms with van der Waals surface area (Å²) in [5, 5.41) is 21.8. The first-order valence-corrected chi connectivity index (χ1v) is 9.45. The van der Waals surface area contributed by atoms with Crippen molar-refractivity contribution in [1.82, 2.24) is 0 Å². The monoisotopic (exact) mass is 426 g/mol. The van der Waals surface area contributed by atoms with Crippen LogP contribution in [-0.2, 0) is 4.74 Å². The number of ether oxygens (including phenoxy) is 2. The van der Waals surface area contributed by atoms with Gasteiger partial charge in [0.1, 0.15) is 5.75 Å². The van der Waals surface area contributed by atoms with E-state index in [1.165, 1.54) is 0 Å². The molecule has 0 heterocycles. The molecular weight excluding hydrogens is 404 g/mol. The fraction of sp³-hybridized carbons (Fsp3) is 0.227. The molecule has 0 saturated carbocycles. The lowest BCUT2D eigenvalue weighted by Gasteiger charge is -2.08. The number of hydrogen-bond donors (Lipinski definition) is 0. The summed E-state index contributed by atoms with van der Waals surface area (Å²) in [6.45, 7) is 6.14. The van der Waals surface area contributed by atoms with Crippen LogP contribution in [0.2, 0.25) is 0 Å². The zero-order chi connectivity index (χ0) is 22.8. The second-order valence-electron chi connectivity index (χ2n) is 6.55. The van der Waals surface area contributed by atoms with Gasteiger partial charge in [0.25, 0.3) is 11.4 Å². The molecule has 0 spiro atoms. The van der Waals surface area contributed by atoms with Crippen molar-refractivity contribution >= 4 is 22.9 Å². The average molecular weight is 426 g/mol. The minimum atomic E-state index is -0.855. The number of nitro groups is 2. The molecule has 0 aliphatic rings. The summed E-state index contributed by atoms with van der Waals surface area (Å²) in [5.74, 6) is -0.137. The van der Waals surface area contributed by atoms with Gasteiger partial charge in [0.15, 0.2) is 0 Å². The lowest BCUT2D eigenvalue weighted by atomic mass is 10.1. The lowest BCUT2D eigenvalue weighted by Crippen LogP contribution is -2.09. The lowest BCUT2D eigenvalue weighted by molar-refractivity contribution is -0.394. The number of benzene rings is 2. The smallest absolute Gasteiger partial charge is 0.338 e. The van der Waals surface area contributed by atoms with Crippen LogP contribution in [0, 0.1) is 20.2 Å². The number of hydrogen-bond acceptors (Lipinski definition) is 7. The van der Waals surface area contributed by atoms with E-state index in [0.717, 1.165) is 35.1 Å². The molecule has 0 fully saturated rings. The molecule has 31 heavy (non-hydrogen) atoms. The molecule has 0 saturated heterocycles. The van der Waals surface area contributed by atoms with Crippen molar-refractivity contribution in [3.05, 3.63) is 92.6 Å². The van der Waals surface area contributed by atoms with Crippen LogP contribution >= 0.6 is 0 Å². The summed E-state index contributed by atoms with van der Waals surface area (Å²) >= 11 is 0. The van der Waals surface area contributed by atoms with Crippen molar-refractivity contribution in [2.24, 2.45) is 0 Å². The summed E-state index contributed by atoms with van der Waals surface area (Å²) in [7, 11) is 0. The molecule has 0 unspecified atom stereocenters. The molecule has 9 heteroatoms. The predicted octanol–water partition coefficient (Wildman–Crippen LogP) is 5.11. The molecule has 0 radical (unpaired) electrons. The Morgan fingerprint density at radius 3 is 2.10 bits per heavy atom. The number of esters is 1. The Labute approximate surface area is 178 Å². The highest BCUT2D eigenvalue weighted by Crippen LogP contribution is 2.23. The second kappa shape index (κ2) is 11.2. The molecule has 162 valence electrons. The van der Waals surface area contributed by atoms with Gasteiger partial charge in [0.05, 0.1) is 34.7 Å². The van der Waals surface area contributed by atoms with Gasteiger partial charge in [0, 0.05) is 12.1 Å². The van der Waals surface area contributed by atoms with Crippen LogP contribution in [0.25, 0.3) is 5.57 Å². The predicted molar refractivity (Wildman–Crippen MR) is 115 cm³/mol. The topological polar surface area (TPSA) is 122 Å². The Morgan fingerprint density at radius 2 is 1.55 bits per heavy atom. The molecule has 0 amide bonds. The van der Waals surface area contributed by atoms with Crippen LogP contribution in [0.15, 0.2) is 61.2 Å². The van der Waals surface area contributed by atoms with Gasteiger partial charge in [-0.1, -0.05) is 30.9 Å². The molecule has 0 bridgehead atoms. The highest BCUT2D eigenvalue weighted by atomic mass is 16.6. The summed E-state index contributed by atoms with van der Waals surface area (Å²) in [6, 6.07) is 10.3. The molecule has 0 N–H and O–H groups in total. The third kappa shape index (κ3) is 7.07. The summed E-state index contributed by atoms with van der Waals surface area (Å²) in [4.78, 5) is 32.3.